The van der Waals surface area contributed by atoms with Crippen LogP contribution in [-0.2, 0) is 0 Å². The molecule has 5 nitrogen and oxygen atoms in total. The minimum atomic E-state index is -4.78. The van der Waals surface area contributed by atoms with Gasteiger partial charge in [-0.1, -0.05) is 42.8 Å². The van der Waals surface area contributed by atoms with Gasteiger partial charge >= 0.3 is 6.18 Å². The van der Waals surface area contributed by atoms with Crippen molar-refractivity contribution in [3.05, 3.63) is 64.7 Å². The van der Waals surface area contributed by atoms with E-state index in [2.05, 4.69) is 10.3 Å². The Balaban J connectivity index is 2.31. The Morgan fingerprint density at radius 3 is 2.33 bits per heavy atom. The molecule has 1 amide bonds. The predicted octanol–water partition coefficient (Wildman–Crippen LogP) is 4.93. The highest BCUT2D eigenvalue weighted by atomic mass is 35.5. The number of benzene rings is 2. The minimum absolute atomic E-state index is 0.00112. The van der Waals surface area contributed by atoms with E-state index in [1.807, 2.05) is 0 Å². The van der Waals surface area contributed by atoms with E-state index in [0.717, 1.165) is 0 Å². The average molecular weight is 440 g/mol. The van der Waals surface area contributed by atoms with Crippen LogP contribution >= 0.6 is 11.6 Å². The van der Waals surface area contributed by atoms with Gasteiger partial charge in [0.05, 0.1) is 22.5 Å². The van der Waals surface area contributed by atoms with Crippen LogP contribution < -0.4 is 5.32 Å². The normalized spacial score (nSPS) is 13.1. The van der Waals surface area contributed by atoms with Crippen LogP contribution in [0.4, 0.5) is 18.9 Å². The molecule has 0 heterocycles. The van der Waals surface area contributed by atoms with Crippen molar-refractivity contribution >= 4 is 34.6 Å². The topological polar surface area (TPSA) is 85.5 Å². The van der Waals surface area contributed by atoms with E-state index in [-0.39, 0.29) is 28.5 Å². The number of amides is 1. The first-order valence-electron chi connectivity index (χ1n) is 9.15. The lowest BCUT2D eigenvalue weighted by atomic mass is 10.0. The van der Waals surface area contributed by atoms with Crippen LogP contribution in [0.5, 0.6) is 0 Å². The van der Waals surface area contributed by atoms with Gasteiger partial charge in [0, 0.05) is 18.5 Å². The quantitative estimate of drug-likeness (QED) is 0.509. The molecule has 9 heteroatoms. The van der Waals surface area contributed by atoms with Crippen LogP contribution in [0, 0.1) is 5.41 Å². The lowest BCUT2D eigenvalue weighted by Crippen LogP contribution is -2.31. The van der Waals surface area contributed by atoms with Gasteiger partial charge in [0.1, 0.15) is 5.71 Å². The zero-order chi connectivity index (χ0) is 22.3. The molecule has 2 rings (SSSR count). The molecule has 1 unspecified atom stereocenters. The second-order valence-corrected chi connectivity index (χ2v) is 6.92. The van der Waals surface area contributed by atoms with E-state index < -0.39 is 30.3 Å². The van der Waals surface area contributed by atoms with Gasteiger partial charge < -0.3 is 15.8 Å². The minimum Gasteiger partial charge on any atom is -0.391 e. The smallest absolute Gasteiger partial charge is 0.391 e. The van der Waals surface area contributed by atoms with Crippen LogP contribution in [-0.4, -0.2) is 41.3 Å². The summed E-state index contributed by atoms with van der Waals surface area (Å²) in [5, 5.41) is 19.7. The maximum Gasteiger partial charge on any atom is 0.429 e. The molecule has 0 aliphatic carbocycles. The van der Waals surface area contributed by atoms with Crippen LogP contribution in [0.15, 0.2) is 53.5 Å². The lowest BCUT2D eigenvalue weighted by molar-refractivity contribution is -0.0605. The van der Waals surface area contributed by atoms with Crippen molar-refractivity contribution in [1.82, 2.24) is 5.32 Å². The van der Waals surface area contributed by atoms with Crippen molar-refractivity contribution in [2.24, 2.45) is 4.99 Å². The molecule has 0 saturated carbocycles. The Labute approximate surface area is 177 Å². The Morgan fingerprint density at radius 1 is 1.17 bits per heavy atom. The van der Waals surface area contributed by atoms with Crippen LogP contribution in [0.2, 0.25) is 5.02 Å². The molecule has 30 heavy (non-hydrogen) atoms. The van der Waals surface area contributed by atoms with Gasteiger partial charge in [-0.2, -0.15) is 13.2 Å². The van der Waals surface area contributed by atoms with Crippen molar-refractivity contribution in [2.75, 3.05) is 6.54 Å². The summed E-state index contributed by atoms with van der Waals surface area (Å²) in [5.74, 6) is -0.415. The van der Waals surface area contributed by atoms with Crippen LogP contribution in [0.25, 0.3) is 0 Å². The SMILES string of the molecule is CCC(O)CNC(=O)c1ccc(C(CC(=N)C(F)(F)F)=Nc2ccccc2Cl)cc1. The molecule has 3 N–H and O–H groups in total. The van der Waals surface area contributed by atoms with E-state index in [1.54, 1.807) is 31.2 Å². The number of nitrogens with zero attached hydrogens (tertiary/aromatic N) is 1. The Morgan fingerprint density at radius 2 is 1.77 bits per heavy atom. The van der Waals surface area contributed by atoms with Crippen molar-refractivity contribution < 1.29 is 23.1 Å². The number of aliphatic imine (C=N–C) groups is 1. The zero-order valence-electron chi connectivity index (χ0n) is 16.1. The van der Waals surface area contributed by atoms with Gasteiger partial charge in [0.25, 0.3) is 5.91 Å². The Bertz CT molecular complexity index is 928. The molecule has 0 saturated heterocycles. The molecule has 0 radical (unpaired) electrons. The summed E-state index contributed by atoms with van der Waals surface area (Å²) < 4.78 is 38.7. The predicted molar refractivity (Wildman–Crippen MR) is 111 cm³/mol. The summed E-state index contributed by atoms with van der Waals surface area (Å²) >= 11 is 6.06. The summed E-state index contributed by atoms with van der Waals surface area (Å²) in [5.41, 5.74) is -0.555. The van der Waals surface area contributed by atoms with Crippen molar-refractivity contribution in [2.45, 2.75) is 32.0 Å². The fraction of sp³-hybridized carbons (Fsp3) is 0.286. The van der Waals surface area contributed by atoms with Gasteiger partial charge in [0.15, 0.2) is 0 Å². The largest absolute Gasteiger partial charge is 0.429 e. The second kappa shape index (κ2) is 10.4. The van der Waals surface area contributed by atoms with E-state index in [0.29, 0.717) is 12.0 Å². The van der Waals surface area contributed by atoms with E-state index >= 15 is 0 Å². The number of nitrogens with one attached hydrogen (secondary N) is 2. The number of rotatable bonds is 8. The maximum absolute atomic E-state index is 12.9. The summed E-state index contributed by atoms with van der Waals surface area (Å²) in [6.07, 6.45) is -5.69. The fourth-order valence-electron chi connectivity index (χ4n) is 2.43. The Kier molecular flexibility index (Phi) is 8.14. The lowest BCUT2D eigenvalue weighted by Gasteiger charge is -2.13. The highest BCUT2D eigenvalue weighted by Gasteiger charge is 2.35. The van der Waals surface area contributed by atoms with Gasteiger partial charge in [-0.15, -0.1) is 0 Å². The van der Waals surface area contributed by atoms with E-state index in [9.17, 15) is 23.1 Å². The average Bonchev–Trinajstić information content (AvgIpc) is 2.72. The first-order chi connectivity index (χ1) is 14.1. The molecule has 2 aromatic rings. The number of hydrogen-bond donors (Lipinski definition) is 3. The summed E-state index contributed by atoms with van der Waals surface area (Å²) in [7, 11) is 0. The van der Waals surface area contributed by atoms with E-state index in [4.69, 9.17) is 17.0 Å². The van der Waals surface area contributed by atoms with Gasteiger partial charge in [-0.25, -0.2) is 0 Å². The number of hydrogen-bond acceptors (Lipinski definition) is 4. The van der Waals surface area contributed by atoms with Crippen molar-refractivity contribution in [3.63, 3.8) is 0 Å². The Hall–Kier alpha value is -2.71. The molecular weight excluding hydrogens is 419 g/mol. The number of alkyl halides is 3. The first-order valence-corrected chi connectivity index (χ1v) is 9.53. The highest BCUT2D eigenvalue weighted by Crippen LogP contribution is 2.27. The standard InChI is InChI=1S/C21H21ClF3N3O2/c1-2-15(29)12-27-20(30)14-9-7-13(8-10-14)18(11-19(26)21(23,24)25)28-17-6-4-3-5-16(17)22/h3-10,15,26,29H,2,11-12H2,1H3,(H,27,30). The molecule has 0 aliphatic rings. The van der Waals surface area contributed by atoms with Gasteiger partial charge in [-0.3, -0.25) is 9.79 Å². The zero-order valence-corrected chi connectivity index (χ0v) is 16.9. The number of para-hydroxylation sites is 1. The summed E-state index contributed by atoms with van der Waals surface area (Å²) in [4.78, 5) is 16.4. The number of halogens is 4. The first kappa shape index (κ1) is 23.6. The maximum atomic E-state index is 12.9. The number of aliphatic hydroxyl groups is 1. The molecule has 160 valence electrons. The third-order valence-electron chi connectivity index (χ3n) is 4.24. The molecule has 0 spiro atoms. The third-order valence-corrected chi connectivity index (χ3v) is 4.56. The molecule has 0 fully saturated rings. The van der Waals surface area contributed by atoms with E-state index in [1.165, 1.54) is 24.3 Å². The van der Waals surface area contributed by atoms with Crippen LogP contribution in [0.1, 0.15) is 35.7 Å². The summed E-state index contributed by atoms with van der Waals surface area (Å²) in [6.45, 7) is 1.88. The number of aliphatic hydroxyl groups excluding tert-OH is 1. The van der Waals surface area contributed by atoms with Gasteiger partial charge in [0.2, 0.25) is 0 Å². The molecule has 0 aromatic heterocycles. The molecule has 2 aromatic carbocycles. The molecule has 0 bridgehead atoms. The van der Waals surface area contributed by atoms with Crippen LogP contribution in [0.3, 0.4) is 0 Å². The monoisotopic (exact) mass is 439 g/mol. The number of carbonyl (C=O) groups is 1. The molecular formula is C21H21ClF3N3O2. The molecule has 0 aliphatic heterocycles. The second-order valence-electron chi connectivity index (χ2n) is 6.51. The fourth-order valence-corrected chi connectivity index (χ4v) is 2.61. The number of carbonyl (C=O) groups excluding carboxylic acids is 1. The highest BCUT2D eigenvalue weighted by molar-refractivity contribution is 6.33. The summed E-state index contributed by atoms with van der Waals surface area (Å²) in [6, 6.07) is 12.3. The molecule has 1 atom stereocenters. The van der Waals surface area contributed by atoms with Crippen molar-refractivity contribution in [1.29, 1.82) is 5.41 Å². The third kappa shape index (κ3) is 6.67. The van der Waals surface area contributed by atoms with Crippen molar-refractivity contribution in [3.8, 4) is 0 Å². The van der Waals surface area contributed by atoms with Gasteiger partial charge in [-0.05, 0) is 36.2 Å².